The Labute approximate surface area is 228 Å². The fourth-order valence-electron chi connectivity index (χ4n) is 5.75. The number of halogens is 1. The third kappa shape index (κ3) is 5.74. The molecule has 0 saturated carbocycles. The van der Waals surface area contributed by atoms with E-state index in [1.807, 2.05) is 44.2 Å². The molecule has 2 N–H and O–H groups in total. The Morgan fingerprint density at radius 1 is 1.10 bits per heavy atom. The molecular formula is C32H35FO6. The standard InChI is InChI=1S/C32H35FO6/c1-18-13-22(37-12-11-32(3,4)36)14-19(2)30(18)24-7-9-26(33)31-25(24)8-10-27(31)39-21-5-6-23-20(15-29(34)35)17-38-28(23)16-21/h5-7,9,13-14,16,20,27,36H,8,10-12,15,17H2,1-4H3,(H,34,35). The smallest absolute Gasteiger partial charge is 0.304 e. The number of carboxylic acids is 1. The molecule has 3 aromatic rings. The first-order valence-corrected chi connectivity index (χ1v) is 13.4. The lowest BCUT2D eigenvalue weighted by molar-refractivity contribution is -0.137. The van der Waals surface area contributed by atoms with Crippen LogP contribution in [0, 0.1) is 19.7 Å². The summed E-state index contributed by atoms with van der Waals surface area (Å²) in [7, 11) is 0. The first-order valence-electron chi connectivity index (χ1n) is 13.4. The number of hydrogen-bond donors (Lipinski definition) is 2. The van der Waals surface area contributed by atoms with Gasteiger partial charge in [-0.15, -0.1) is 0 Å². The number of hydrogen-bond acceptors (Lipinski definition) is 5. The quantitative estimate of drug-likeness (QED) is 0.319. The van der Waals surface area contributed by atoms with Gasteiger partial charge >= 0.3 is 5.97 Å². The summed E-state index contributed by atoms with van der Waals surface area (Å²) in [5, 5.41) is 19.1. The zero-order chi connectivity index (χ0) is 27.9. The molecule has 1 aliphatic carbocycles. The summed E-state index contributed by atoms with van der Waals surface area (Å²) < 4.78 is 33.2. The van der Waals surface area contributed by atoms with Crippen molar-refractivity contribution in [3.8, 4) is 28.4 Å². The van der Waals surface area contributed by atoms with Gasteiger partial charge in [0.15, 0.2) is 0 Å². The summed E-state index contributed by atoms with van der Waals surface area (Å²) in [6, 6.07) is 12.8. The summed E-state index contributed by atoms with van der Waals surface area (Å²) in [6.45, 7) is 8.34. The predicted octanol–water partition coefficient (Wildman–Crippen LogP) is 6.67. The van der Waals surface area contributed by atoms with Gasteiger partial charge < -0.3 is 24.4 Å². The summed E-state index contributed by atoms with van der Waals surface area (Å²) in [5.74, 6) is 0.640. The number of aryl methyl sites for hydroxylation is 2. The highest BCUT2D eigenvalue weighted by Gasteiger charge is 2.32. The minimum absolute atomic E-state index is 0.0178. The van der Waals surface area contributed by atoms with E-state index in [0.29, 0.717) is 49.5 Å². The Bertz CT molecular complexity index is 1380. The van der Waals surface area contributed by atoms with E-state index in [2.05, 4.69) is 0 Å². The zero-order valence-electron chi connectivity index (χ0n) is 22.8. The van der Waals surface area contributed by atoms with E-state index in [0.717, 1.165) is 39.1 Å². The first-order chi connectivity index (χ1) is 18.5. The van der Waals surface area contributed by atoms with Gasteiger partial charge in [-0.3, -0.25) is 4.79 Å². The van der Waals surface area contributed by atoms with Gasteiger partial charge in [-0.2, -0.15) is 0 Å². The highest BCUT2D eigenvalue weighted by Crippen LogP contribution is 2.45. The fraction of sp³-hybridized carbons (Fsp3) is 0.406. The third-order valence-electron chi connectivity index (χ3n) is 7.60. The number of fused-ring (bicyclic) bond motifs is 2. The molecule has 2 atom stereocenters. The topological polar surface area (TPSA) is 85.2 Å². The minimum Gasteiger partial charge on any atom is -0.493 e. The molecule has 0 fully saturated rings. The second kappa shape index (κ2) is 10.5. The Morgan fingerprint density at radius 3 is 2.54 bits per heavy atom. The van der Waals surface area contributed by atoms with Crippen molar-refractivity contribution in [3.05, 3.63) is 76.1 Å². The Morgan fingerprint density at radius 2 is 1.85 bits per heavy atom. The van der Waals surface area contributed by atoms with Gasteiger partial charge in [0, 0.05) is 29.5 Å². The van der Waals surface area contributed by atoms with Crippen molar-refractivity contribution in [2.75, 3.05) is 13.2 Å². The first kappa shape index (κ1) is 27.0. The van der Waals surface area contributed by atoms with Gasteiger partial charge in [0.25, 0.3) is 0 Å². The highest BCUT2D eigenvalue weighted by molar-refractivity contribution is 5.76. The van der Waals surface area contributed by atoms with E-state index >= 15 is 4.39 Å². The highest BCUT2D eigenvalue weighted by atomic mass is 19.1. The Kier molecular flexibility index (Phi) is 7.29. The number of carboxylic acid groups (broad SMARTS) is 1. The van der Waals surface area contributed by atoms with E-state index < -0.39 is 17.7 Å². The normalized spacial score (nSPS) is 17.9. The van der Waals surface area contributed by atoms with Crippen molar-refractivity contribution in [2.45, 2.75) is 71.0 Å². The lowest BCUT2D eigenvalue weighted by Gasteiger charge is -2.20. The van der Waals surface area contributed by atoms with Gasteiger partial charge in [-0.05, 0) is 92.6 Å². The molecule has 3 aromatic carbocycles. The number of carbonyl (C=O) groups is 1. The summed E-state index contributed by atoms with van der Waals surface area (Å²) in [4.78, 5) is 11.1. The summed E-state index contributed by atoms with van der Waals surface area (Å²) in [5.41, 5.74) is 5.77. The molecule has 2 aliphatic rings. The number of aliphatic hydroxyl groups is 1. The van der Waals surface area contributed by atoms with Gasteiger partial charge in [0.2, 0.25) is 0 Å². The molecule has 0 amide bonds. The average Bonchev–Trinajstić information content (AvgIpc) is 3.44. The van der Waals surface area contributed by atoms with Crippen LogP contribution in [0.4, 0.5) is 4.39 Å². The monoisotopic (exact) mass is 534 g/mol. The van der Waals surface area contributed by atoms with Crippen LogP contribution in [-0.4, -0.2) is 35.0 Å². The van der Waals surface area contributed by atoms with E-state index in [1.165, 1.54) is 6.07 Å². The number of benzene rings is 3. The molecule has 2 unspecified atom stereocenters. The Hall–Kier alpha value is -3.58. The molecule has 0 aromatic heterocycles. The van der Waals surface area contributed by atoms with Crippen LogP contribution in [0.2, 0.25) is 0 Å². The lowest BCUT2D eigenvalue weighted by atomic mass is 9.90. The van der Waals surface area contributed by atoms with Gasteiger partial charge in [0.1, 0.15) is 29.2 Å². The molecule has 39 heavy (non-hydrogen) atoms. The van der Waals surface area contributed by atoms with Crippen LogP contribution in [0.15, 0.2) is 42.5 Å². The molecule has 0 saturated heterocycles. The molecule has 206 valence electrons. The third-order valence-corrected chi connectivity index (χ3v) is 7.60. The summed E-state index contributed by atoms with van der Waals surface area (Å²) >= 11 is 0. The SMILES string of the molecule is Cc1cc(OCCC(C)(C)O)cc(C)c1-c1ccc(F)c2c1CCC2Oc1ccc2c(c1)OCC2CC(=O)O. The minimum atomic E-state index is -0.857. The second-order valence-corrected chi connectivity index (χ2v) is 11.3. The van der Waals surface area contributed by atoms with Gasteiger partial charge in [-0.1, -0.05) is 12.1 Å². The van der Waals surface area contributed by atoms with Gasteiger partial charge in [-0.25, -0.2) is 4.39 Å². The molecule has 0 spiro atoms. The van der Waals surface area contributed by atoms with Crippen molar-refractivity contribution in [1.29, 1.82) is 0 Å². The van der Waals surface area contributed by atoms with Crippen molar-refractivity contribution < 1.29 is 33.6 Å². The van der Waals surface area contributed by atoms with Crippen LogP contribution in [0.5, 0.6) is 17.2 Å². The average molecular weight is 535 g/mol. The van der Waals surface area contributed by atoms with Crippen LogP contribution < -0.4 is 14.2 Å². The van der Waals surface area contributed by atoms with Crippen LogP contribution in [-0.2, 0) is 11.2 Å². The number of rotatable bonds is 9. The maximum atomic E-state index is 15.2. The van der Waals surface area contributed by atoms with Gasteiger partial charge in [0.05, 0.1) is 25.2 Å². The Balaban J connectivity index is 1.38. The second-order valence-electron chi connectivity index (χ2n) is 11.3. The van der Waals surface area contributed by atoms with Crippen LogP contribution in [0.3, 0.4) is 0 Å². The van der Waals surface area contributed by atoms with E-state index in [9.17, 15) is 9.90 Å². The molecule has 1 heterocycles. The summed E-state index contributed by atoms with van der Waals surface area (Å²) in [6.07, 6.45) is 1.46. The molecular weight excluding hydrogens is 499 g/mol. The molecule has 7 heteroatoms. The predicted molar refractivity (Wildman–Crippen MR) is 146 cm³/mol. The van der Waals surface area contributed by atoms with Crippen molar-refractivity contribution in [1.82, 2.24) is 0 Å². The van der Waals surface area contributed by atoms with E-state index in [4.69, 9.17) is 19.3 Å². The van der Waals surface area contributed by atoms with Crippen molar-refractivity contribution >= 4 is 5.97 Å². The maximum absolute atomic E-state index is 15.2. The lowest BCUT2D eigenvalue weighted by Crippen LogP contribution is -2.21. The maximum Gasteiger partial charge on any atom is 0.304 e. The van der Waals surface area contributed by atoms with E-state index in [-0.39, 0.29) is 18.2 Å². The largest absolute Gasteiger partial charge is 0.493 e. The zero-order valence-corrected chi connectivity index (χ0v) is 22.8. The number of aliphatic carboxylic acids is 1. The van der Waals surface area contributed by atoms with Crippen molar-refractivity contribution in [2.24, 2.45) is 0 Å². The molecule has 5 rings (SSSR count). The van der Waals surface area contributed by atoms with Crippen LogP contribution in [0.25, 0.3) is 11.1 Å². The molecule has 0 bridgehead atoms. The molecule has 1 aliphatic heterocycles. The van der Waals surface area contributed by atoms with Crippen molar-refractivity contribution in [3.63, 3.8) is 0 Å². The van der Waals surface area contributed by atoms with Crippen LogP contribution in [0.1, 0.15) is 72.9 Å². The van der Waals surface area contributed by atoms with Crippen LogP contribution >= 0.6 is 0 Å². The van der Waals surface area contributed by atoms with E-state index in [1.54, 1.807) is 19.9 Å². The fourth-order valence-corrected chi connectivity index (χ4v) is 5.75. The number of ether oxygens (including phenoxy) is 3. The molecule has 0 radical (unpaired) electrons. The molecule has 6 nitrogen and oxygen atoms in total.